The molecule has 4 nitrogen and oxygen atoms in total. The highest BCUT2D eigenvalue weighted by Crippen LogP contribution is 2.38. The van der Waals surface area contributed by atoms with Crippen molar-refractivity contribution in [1.82, 2.24) is 4.90 Å². The van der Waals surface area contributed by atoms with Crippen molar-refractivity contribution in [3.8, 4) is 0 Å². The van der Waals surface area contributed by atoms with Gasteiger partial charge in [0.25, 0.3) is 0 Å². The minimum absolute atomic E-state index is 0.119. The number of carbonyl (C=O) groups excluding carboxylic acids is 2. The van der Waals surface area contributed by atoms with Crippen LogP contribution in [0.25, 0.3) is 0 Å². The quantitative estimate of drug-likeness (QED) is 0.566. The zero-order chi connectivity index (χ0) is 13.2. The number of ether oxygens (including phenoxy) is 1. The van der Waals surface area contributed by atoms with Gasteiger partial charge in [0.05, 0.1) is 11.6 Å². The van der Waals surface area contributed by atoms with E-state index in [4.69, 9.17) is 4.74 Å². The molecule has 4 heteroatoms. The highest BCUT2D eigenvalue weighted by Gasteiger charge is 2.47. The third-order valence-corrected chi connectivity index (χ3v) is 3.74. The van der Waals surface area contributed by atoms with Gasteiger partial charge in [-0.05, 0) is 19.3 Å². The first-order valence-corrected chi connectivity index (χ1v) is 6.35. The van der Waals surface area contributed by atoms with Crippen LogP contribution in [0.2, 0.25) is 0 Å². The van der Waals surface area contributed by atoms with Crippen LogP contribution >= 0.6 is 0 Å². The smallest absolute Gasteiger partial charge is 0.302 e. The number of nitrogens with zero attached hydrogens (tertiary/aromatic N) is 1. The zero-order valence-corrected chi connectivity index (χ0v) is 10.7. The van der Waals surface area contributed by atoms with Crippen LogP contribution in [-0.2, 0) is 14.3 Å². The Morgan fingerprint density at radius 2 is 2.50 bits per heavy atom. The predicted molar refractivity (Wildman–Crippen MR) is 67.8 cm³/mol. The third-order valence-electron chi connectivity index (χ3n) is 3.74. The molecule has 18 heavy (non-hydrogen) atoms. The molecule has 0 aliphatic carbocycles. The summed E-state index contributed by atoms with van der Waals surface area (Å²) >= 11 is 0. The van der Waals surface area contributed by atoms with Crippen molar-refractivity contribution in [2.75, 3.05) is 6.61 Å². The van der Waals surface area contributed by atoms with Gasteiger partial charge in [0, 0.05) is 13.3 Å². The van der Waals surface area contributed by atoms with Gasteiger partial charge in [-0.3, -0.25) is 9.59 Å². The van der Waals surface area contributed by atoms with E-state index in [-0.39, 0.29) is 24.5 Å². The van der Waals surface area contributed by atoms with Crippen LogP contribution in [0.4, 0.5) is 0 Å². The van der Waals surface area contributed by atoms with Gasteiger partial charge in [-0.1, -0.05) is 18.2 Å². The van der Waals surface area contributed by atoms with Crippen molar-refractivity contribution in [3.05, 3.63) is 24.8 Å². The van der Waals surface area contributed by atoms with E-state index >= 15 is 0 Å². The lowest BCUT2D eigenvalue weighted by atomic mass is 9.97. The van der Waals surface area contributed by atoms with Crippen molar-refractivity contribution in [2.45, 2.75) is 44.2 Å². The molecule has 0 aromatic rings. The predicted octanol–water partition coefficient (Wildman–Crippen LogP) is 1.82. The van der Waals surface area contributed by atoms with Gasteiger partial charge in [0.1, 0.15) is 6.61 Å². The molecule has 1 fully saturated rings. The fourth-order valence-corrected chi connectivity index (χ4v) is 2.80. The van der Waals surface area contributed by atoms with Gasteiger partial charge in [0.15, 0.2) is 0 Å². The van der Waals surface area contributed by atoms with Gasteiger partial charge >= 0.3 is 5.97 Å². The average molecular weight is 249 g/mol. The van der Waals surface area contributed by atoms with Gasteiger partial charge in [-0.15, -0.1) is 6.58 Å². The maximum Gasteiger partial charge on any atom is 0.302 e. The Balaban J connectivity index is 2.24. The summed E-state index contributed by atoms with van der Waals surface area (Å²) in [5.41, 5.74) is -0.526. The molecule has 0 unspecified atom stereocenters. The molecule has 0 aromatic heterocycles. The van der Waals surface area contributed by atoms with Crippen molar-refractivity contribution < 1.29 is 14.3 Å². The SMILES string of the molecule is C=C[C@]1(COC(C)=O)CC[C@@H]2C=CCCC(=O)N21. The normalized spacial score (nSPS) is 30.8. The number of rotatable bonds is 3. The largest absolute Gasteiger partial charge is 0.463 e. The Labute approximate surface area is 107 Å². The van der Waals surface area contributed by atoms with E-state index in [1.807, 2.05) is 4.90 Å². The molecule has 0 aromatic carbocycles. The first-order valence-electron chi connectivity index (χ1n) is 6.35. The summed E-state index contributed by atoms with van der Waals surface area (Å²) in [5.74, 6) is -0.202. The fraction of sp³-hybridized carbons (Fsp3) is 0.571. The number of carbonyl (C=O) groups is 2. The Hall–Kier alpha value is -1.58. The summed E-state index contributed by atoms with van der Waals surface area (Å²) in [5, 5.41) is 0. The lowest BCUT2D eigenvalue weighted by molar-refractivity contribution is -0.148. The van der Waals surface area contributed by atoms with Crippen molar-refractivity contribution in [1.29, 1.82) is 0 Å². The molecule has 2 heterocycles. The molecule has 2 aliphatic rings. The monoisotopic (exact) mass is 249 g/mol. The second-order valence-electron chi connectivity index (χ2n) is 4.92. The third kappa shape index (κ3) is 2.19. The second-order valence-corrected chi connectivity index (χ2v) is 4.92. The number of fused-ring (bicyclic) bond motifs is 1. The minimum atomic E-state index is -0.526. The Kier molecular flexibility index (Phi) is 3.55. The molecule has 98 valence electrons. The molecule has 0 N–H and O–H groups in total. The molecule has 0 bridgehead atoms. The molecule has 1 amide bonds. The summed E-state index contributed by atoms with van der Waals surface area (Å²) in [7, 11) is 0. The maximum atomic E-state index is 12.2. The van der Waals surface area contributed by atoms with Crippen LogP contribution in [-0.4, -0.2) is 35.0 Å². The lowest BCUT2D eigenvalue weighted by Gasteiger charge is -2.37. The van der Waals surface area contributed by atoms with Gasteiger partial charge < -0.3 is 9.64 Å². The topological polar surface area (TPSA) is 46.6 Å². The number of amides is 1. The van der Waals surface area contributed by atoms with E-state index in [0.29, 0.717) is 6.42 Å². The number of hydrogen-bond acceptors (Lipinski definition) is 3. The van der Waals surface area contributed by atoms with Crippen LogP contribution in [0.1, 0.15) is 32.6 Å². The molecule has 2 rings (SSSR count). The van der Waals surface area contributed by atoms with Crippen molar-refractivity contribution in [3.63, 3.8) is 0 Å². The fourth-order valence-electron chi connectivity index (χ4n) is 2.80. The molecule has 2 aliphatic heterocycles. The van der Waals surface area contributed by atoms with E-state index in [1.165, 1.54) is 6.92 Å². The zero-order valence-electron chi connectivity index (χ0n) is 10.7. The first-order chi connectivity index (χ1) is 8.59. The van der Waals surface area contributed by atoms with Gasteiger partial charge in [-0.25, -0.2) is 0 Å². The number of esters is 1. The molecule has 0 radical (unpaired) electrons. The van der Waals surface area contributed by atoms with Crippen LogP contribution in [0, 0.1) is 0 Å². The van der Waals surface area contributed by atoms with Crippen LogP contribution < -0.4 is 0 Å². The first kappa shape index (κ1) is 12.9. The molecule has 2 atom stereocenters. The molecule has 1 saturated heterocycles. The van der Waals surface area contributed by atoms with E-state index in [9.17, 15) is 9.59 Å². The van der Waals surface area contributed by atoms with Gasteiger partial charge in [0.2, 0.25) is 5.91 Å². The maximum absolute atomic E-state index is 12.2. The standard InChI is InChI=1S/C14H19NO3/c1-3-14(10-18-11(2)16)9-8-12-6-4-5-7-13(17)15(12)14/h3-4,6,12H,1,5,7-10H2,2H3/t12-,14+/m0/s1. The Morgan fingerprint density at radius 1 is 1.72 bits per heavy atom. The summed E-state index contributed by atoms with van der Waals surface area (Å²) in [4.78, 5) is 25.1. The Morgan fingerprint density at radius 3 is 3.17 bits per heavy atom. The van der Waals surface area contributed by atoms with Crippen molar-refractivity contribution in [2.24, 2.45) is 0 Å². The highest BCUT2D eigenvalue weighted by molar-refractivity contribution is 5.79. The minimum Gasteiger partial charge on any atom is -0.463 e. The van der Waals surface area contributed by atoms with Gasteiger partial charge in [-0.2, -0.15) is 0 Å². The summed E-state index contributed by atoms with van der Waals surface area (Å²) in [6, 6.07) is 0.119. The second kappa shape index (κ2) is 4.96. The summed E-state index contributed by atoms with van der Waals surface area (Å²) in [6.07, 6.45) is 8.90. The van der Waals surface area contributed by atoms with E-state index in [1.54, 1.807) is 6.08 Å². The summed E-state index contributed by atoms with van der Waals surface area (Å²) < 4.78 is 5.13. The van der Waals surface area contributed by atoms with E-state index in [0.717, 1.165) is 19.3 Å². The lowest BCUT2D eigenvalue weighted by Crippen LogP contribution is -2.51. The molecular weight excluding hydrogens is 230 g/mol. The van der Waals surface area contributed by atoms with Crippen LogP contribution in [0.15, 0.2) is 24.8 Å². The van der Waals surface area contributed by atoms with Crippen LogP contribution in [0.5, 0.6) is 0 Å². The molecule has 0 spiro atoms. The molecule has 0 saturated carbocycles. The van der Waals surface area contributed by atoms with Crippen LogP contribution in [0.3, 0.4) is 0 Å². The van der Waals surface area contributed by atoms with Crippen molar-refractivity contribution >= 4 is 11.9 Å². The summed E-state index contributed by atoms with van der Waals surface area (Å²) in [6.45, 7) is 5.43. The Bertz CT molecular complexity index is 402. The highest BCUT2D eigenvalue weighted by atomic mass is 16.5. The average Bonchev–Trinajstić information content (AvgIpc) is 2.61. The number of allylic oxidation sites excluding steroid dienone is 1. The number of hydrogen-bond donors (Lipinski definition) is 0. The van der Waals surface area contributed by atoms with E-state index in [2.05, 4.69) is 18.7 Å². The molecular formula is C14H19NO3. The van der Waals surface area contributed by atoms with E-state index < -0.39 is 5.54 Å².